The first-order valence-electron chi connectivity index (χ1n) is 8.19. The van der Waals surface area contributed by atoms with Gasteiger partial charge in [0.1, 0.15) is 5.75 Å². The van der Waals surface area contributed by atoms with E-state index in [1.807, 2.05) is 12.1 Å². The Hall–Kier alpha value is -2.41. The normalized spacial score (nSPS) is 20.6. The van der Waals surface area contributed by atoms with Crippen LogP contribution in [-0.2, 0) is 6.61 Å². The number of carbonyl (C=O) groups is 1. The Morgan fingerprint density at radius 1 is 1.46 bits per heavy atom. The van der Waals surface area contributed by atoms with Crippen molar-refractivity contribution in [3.8, 4) is 5.75 Å². The van der Waals surface area contributed by atoms with E-state index in [0.717, 1.165) is 19.4 Å². The molecule has 1 aromatic carbocycles. The van der Waals surface area contributed by atoms with Crippen molar-refractivity contribution in [2.75, 3.05) is 6.54 Å². The highest BCUT2D eigenvalue weighted by Crippen LogP contribution is 2.20. The summed E-state index contributed by atoms with van der Waals surface area (Å²) in [6.45, 7) is 4.96. The van der Waals surface area contributed by atoms with Crippen molar-refractivity contribution in [1.29, 1.82) is 0 Å². The third-order valence-corrected chi connectivity index (χ3v) is 4.14. The molecule has 7 nitrogen and oxygen atoms in total. The molecular weight excluding hydrogens is 308 g/mol. The lowest BCUT2D eigenvalue weighted by Gasteiger charge is -2.30. The topological polar surface area (TPSA) is 89.3 Å². The van der Waals surface area contributed by atoms with E-state index in [4.69, 9.17) is 9.26 Å². The maximum atomic E-state index is 12.6. The van der Waals surface area contributed by atoms with Crippen LogP contribution in [0.4, 0.5) is 0 Å². The van der Waals surface area contributed by atoms with Gasteiger partial charge in [-0.25, -0.2) is 0 Å². The summed E-state index contributed by atoms with van der Waals surface area (Å²) in [5.74, 6) is 1.32. The molecule has 1 aliphatic heterocycles. The molecule has 0 radical (unpaired) electrons. The SMILES string of the molecule is Cc1nc(COc2ccccc2C(=O)NC2CCCNC2C)no1. The first-order chi connectivity index (χ1) is 11.6. The fraction of sp³-hybridized carbons (Fsp3) is 0.471. The molecule has 3 rings (SSSR count). The highest BCUT2D eigenvalue weighted by molar-refractivity contribution is 5.97. The lowest BCUT2D eigenvalue weighted by molar-refractivity contribution is 0.0915. The molecule has 0 saturated carbocycles. The first-order valence-corrected chi connectivity index (χ1v) is 8.19. The molecule has 1 fully saturated rings. The number of piperidine rings is 1. The summed E-state index contributed by atoms with van der Waals surface area (Å²) < 4.78 is 10.6. The summed E-state index contributed by atoms with van der Waals surface area (Å²) in [6, 6.07) is 7.57. The molecule has 7 heteroatoms. The molecule has 1 amide bonds. The van der Waals surface area contributed by atoms with Gasteiger partial charge in [-0.3, -0.25) is 4.79 Å². The van der Waals surface area contributed by atoms with Gasteiger partial charge in [0.2, 0.25) is 11.7 Å². The molecule has 1 aliphatic rings. The second kappa shape index (κ2) is 7.44. The summed E-state index contributed by atoms with van der Waals surface area (Å²) in [5, 5.41) is 10.3. The van der Waals surface area contributed by atoms with E-state index in [0.29, 0.717) is 23.0 Å². The molecule has 2 atom stereocenters. The number of para-hydroxylation sites is 1. The molecule has 2 unspecified atom stereocenters. The number of aromatic nitrogens is 2. The molecule has 0 aliphatic carbocycles. The highest BCUT2D eigenvalue weighted by Gasteiger charge is 2.24. The van der Waals surface area contributed by atoms with Crippen LogP contribution in [0.15, 0.2) is 28.8 Å². The van der Waals surface area contributed by atoms with E-state index in [2.05, 4.69) is 27.7 Å². The standard InChI is InChI=1S/C17H22N4O3/c1-11-14(7-5-9-18-11)20-17(22)13-6-3-4-8-15(13)23-10-16-19-12(2)24-21-16/h3-4,6,8,11,14,18H,5,7,9-10H2,1-2H3,(H,20,22). The Balaban J connectivity index is 1.67. The number of rotatable bonds is 5. The molecule has 0 spiro atoms. The Morgan fingerprint density at radius 3 is 3.04 bits per heavy atom. The fourth-order valence-corrected chi connectivity index (χ4v) is 2.81. The minimum atomic E-state index is -0.129. The summed E-state index contributed by atoms with van der Waals surface area (Å²) >= 11 is 0. The van der Waals surface area contributed by atoms with E-state index in [1.165, 1.54) is 0 Å². The highest BCUT2D eigenvalue weighted by atomic mass is 16.5. The number of aryl methyl sites for hydroxylation is 1. The van der Waals surface area contributed by atoms with Crippen LogP contribution in [0, 0.1) is 6.92 Å². The summed E-state index contributed by atoms with van der Waals surface area (Å²) in [4.78, 5) is 16.7. The number of hydrogen-bond acceptors (Lipinski definition) is 6. The molecule has 2 heterocycles. The zero-order valence-corrected chi connectivity index (χ0v) is 13.9. The van der Waals surface area contributed by atoms with Crippen molar-refractivity contribution in [3.63, 3.8) is 0 Å². The summed E-state index contributed by atoms with van der Waals surface area (Å²) in [5.41, 5.74) is 0.510. The lowest BCUT2D eigenvalue weighted by atomic mass is 9.99. The van der Waals surface area contributed by atoms with Crippen LogP contribution in [0.3, 0.4) is 0 Å². The van der Waals surface area contributed by atoms with Crippen LogP contribution >= 0.6 is 0 Å². The molecule has 24 heavy (non-hydrogen) atoms. The third-order valence-electron chi connectivity index (χ3n) is 4.14. The largest absolute Gasteiger partial charge is 0.485 e. The van der Waals surface area contributed by atoms with Crippen LogP contribution < -0.4 is 15.4 Å². The summed E-state index contributed by atoms with van der Waals surface area (Å²) in [6.07, 6.45) is 2.04. The van der Waals surface area contributed by atoms with Crippen LogP contribution in [0.2, 0.25) is 0 Å². The van der Waals surface area contributed by atoms with Crippen LogP contribution in [0.1, 0.15) is 41.8 Å². The van der Waals surface area contributed by atoms with Gasteiger partial charge in [0.05, 0.1) is 5.56 Å². The average Bonchev–Trinajstić information content (AvgIpc) is 3.01. The smallest absolute Gasteiger partial charge is 0.255 e. The molecule has 128 valence electrons. The summed E-state index contributed by atoms with van der Waals surface area (Å²) in [7, 11) is 0. The molecule has 1 saturated heterocycles. The average molecular weight is 330 g/mol. The Kier molecular flexibility index (Phi) is 5.10. The number of nitrogens with zero attached hydrogens (tertiary/aromatic N) is 2. The Bertz CT molecular complexity index is 701. The van der Waals surface area contributed by atoms with Gasteiger partial charge in [0, 0.05) is 19.0 Å². The van der Waals surface area contributed by atoms with Gasteiger partial charge in [-0.2, -0.15) is 4.98 Å². The van der Waals surface area contributed by atoms with Crippen molar-refractivity contribution in [3.05, 3.63) is 41.5 Å². The van der Waals surface area contributed by atoms with E-state index in [-0.39, 0.29) is 24.6 Å². The minimum Gasteiger partial charge on any atom is -0.485 e. The van der Waals surface area contributed by atoms with Gasteiger partial charge in [-0.05, 0) is 38.4 Å². The zero-order chi connectivity index (χ0) is 16.9. The van der Waals surface area contributed by atoms with Crippen LogP contribution in [0.5, 0.6) is 5.75 Å². The van der Waals surface area contributed by atoms with E-state index >= 15 is 0 Å². The predicted octanol–water partition coefficient (Wildman–Crippen LogP) is 1.83. The monoisotopic (exact) mass is 330 g/mol. The second-order valence-corrected chi connectivity index (χ2v) is 5.98. The van der Waals surface area contributed by atoms with E-state index in [1.54, 1.807) is 19.1 Å². The molecular formula is C17H22N4O3. The van der Waals surface area contributed by atoms with Crippen molar-refractivity contribution < 1.29 is 14.1 Å². The van der Waals surface area contributed by atoms with Gasteiger partial charge < -0.3 is 19.9 Å². The lowest BCUT2D eigenvalue weighted by Crippen LogP contribution is -2.51. The van der Waals surface area contributed by atoms with Crippen LogP contribution in [-0.4, -0.2) is 34.7 Å². The number of benzene rings is 1. The van der Waals surface area contributed by atoms with Crippen molar-refractivity contribution in [1.82, 2.24) is 20.8 Å². The quantitative estimate of drug-likeness (QED) is 0.869. The van der Waals surface area contributed by atoms with Crippen molar-refractivity contribution in [2.24, 2.45) is 0 Å². The van der Waals surface area contributed by atoms with Crippen molar-refractivity contribution >= 4 is 5.91 Å². The van der Waals surface area contributed by atoms with Crippen molar-refractivity contribution in [2.45, 2.75) is 45.4 Å². The second-order valence-electron chi connectivity index (χ2n) is 5.98. The number of amides is 1. The van der Waals surface area contributed by atoms with Crippen LogP contribution in [0.25, 0.3) is 0 Å². The molecule has 2 N–H and O–H groups in total. The number of carbonyl (C=O) groups excluding carboxylic acids is 1. The Labute approximate surface area is 140 Å². The van der Waals surface area contributed by atoms with Gasteiger partial charge >= 0.3 is 0 Å². The maximum Gasteiger partial charge on any atom is 0.255 e. The molecule has 0 bridgehead atoms. The maximum absolute atomic E-state index is 12.6. The molecule has 2 aromatic rings. The first kappa shape index (κ1) is 16.4. The van der Waals surface area contributed by atoms with E-state index in [9.17, 15) is 4.79 Å². The third kappa shape index (κ3) is 3.91. The number of hydrogen-bond donors (Lipinski definition) is 2. The van der Waals surface area contributed by atoms with Gasteiger partial charge in [0.25, 0.3) is 5.91 Å². The fourth-order valence-electron chi connectivity index (χ4n) is 2.81. The number of nitrogens with one attached hydrogen (secondary N) is 2. The minimum absolute atomic E-state index is 0.124. The number of ether oxygens (including phenoxy) is 1. The van der Waals surface area contributed by atoms with Gasteiger partial charge in [-0.1, -0.05) is 17.3 Å². The Morgan fingerprint density at radius 2 is 2.29 bits per heavy atom. The zero-order valence-electron chi connectivity index (χ0n) is 13.9. The van der Waals surface area contributed by atoms with E-state index < -0.39 is 0 Å². The predicted molar refractivity (Wildman–Crippen MR) is 87.8 cm³/mol. The van der Waals surface area contributed by atoms with Gasteiger partial charge in [-0.15, -0.1) is 0 Å². The van der Waals surface area contributed by atoms with Gasteiger partial charge in [0.15, 0.2) is 6.61 Å². The molecule has 1 aromatic heterocycles.